The molecule has 80 valence electrons. The Bertz CT molecular complexity index is 186. The van der Waals surface area contributed by atoms with Crippen LogP contribution in [0.1, 0.15) is 32.1 Å². The molecule has 1 fully saturated rings. The van der Waals surface area contributed by atoms with Crippen LogP contribution >= 0.6 is 0 Å². The number of amides is 1. The van der Waals surface area contributed by atoms with Gasteiger partial charge in [-0.15, -0.1) is 0 Å². The topological polar surface area (TPSA) is 38.3 Å². The minimum atomic E-state index is -0.324. The van der Waals surface area contributed by atoms with Crippen LogP contribution in [0.5, 0.6) is 0 Å². The van der Waals surface area contributed by atoms with E-state index < -0.39 is 0 Å². The predicted octanol–water partition coefficient (Wildman–Crippen LogP) is 2.48. The Morgan fingerprint density at radius 2 is 2.14 bits per heavy atom. The molecular weight excluding hydrogens is 178 g/mol. The number of alkyl carbamates (subject to hydrolysis) is 1. The molecule has 0 bridgehead atoms. The lowest BCUT2D eigenvalue weighted by atomic mass is 9.89. The smallest absolute Gasteiger partial charge is 0.407 e. The first-order valence-corrected chi connectivity index (χ1v) is 5.34. The number of carbonyl (C=O) groups excluding carboxylic acids is 1. The van der Waals surface area contributed by atoms with E-state index in [9.17, 15) is 4.79 Å². The molecule has 0 radical (unpaired) electrons. The maximum absolute atomic E-state index is 11.1. The van der Waals surface area contributed by atoms with Crippen molar-refractivity contribution in [3.63, 3.8) is 0 Å². The Labute approximate surface area is 85.5 Å². The number of hydrogen-bond donors (Lipinski definition) is 1. The van der Waals surface area contributed by atoms with E-state index in [-0.39, 0.29) is 12.7 Å². The molecule has 14 heavy (non-hydrogen) atoms. The largest absolute Gasteiger partial charge is 0.445 e. The second-order valence-corrected chi connectivity index (χ2v) is 3.77. The van der Waals surface area contributed by atoms with Gasteiger partial charge < -0.3 is 10.1 Å². The Hall–Kier alpha value is -0.990. The minimum absolute atomic E-state index is 0.288. The van der Waals surface area contributed by atoms with Gasteiger partial charge in [-0.25, -0.2) is 4.79 Å². The van der Waals surface area contributed by atoms with Gasteiger partial charge in [0.15, 0.2) is 0 Å². The Kier molecular flexibility index (Phi) is 5.12. The minimum Gasteiger partial charge on any atom is -0.445 e. The van der Waals surface area contributed by atoms with Crippen LogP contribution in [0.15, 0.2) is 12.7 Å². The van der Waals surface area contributed by atoms with E-state index in [1.54, 1.807) is 6.08 Å². The molecule has 3 heteroatoms. The molecule has 1 rings (SSSR count). The average Bonchev–Trinajstić information content (AvgIpc) is 2.25. The average molecular weight is 197 g/mol. The van der Waals surface area contributed by atoms with Gasteiger partial charge in [-0.05, 0) is 18.8 Å². The maximum atomic E-state index is 11.1. The zero-order chi connectivity index (χ0) is 10.2. The van der Waals surface area contributed by atoms with Gasteiger partial charge in [0.1, 0.15) is 6.61 Å². The van der Waals surface area contributed by atoms with E-state index in [0.717, 1.165) is 6.54 Å². The van der Waals surface area contributed by atoms with Gasteiger partial charge in [0.05, 0.1) is 0 Å². The van der Waals surface area contributed by atoms with E-state index in [1.807, 2.05) is 0 Å². The van der Waals surface area contributed by atoms with Crippen molar-refractivity contribution in [3.05, 3.63) is 12.7 Å². The fourth-order valence-corrected chi connectivity index (χ4v) is 1.80. The van der Waals surface area contributed by atoms with Crippen molar-refractivity contribution >= 4 is 6.09 Å². The molecule has 0 unspecified atom stereocenters. The van der Waals surface area contributed by atoms with Gasteiger partial charge in [-0.2, -0.15) is 0 Å². The first kappa shape index (κ1) is 11.1. The molecule has 0 aromatic rings. The molecule has 1 aliphatic carbocycles. The van der Waals surface area contributed by atoms with E-state index in [0.29, 0.717) is 5.92 Å². The summed E-state index contributed by atoms with van der Waals surface area (Å²) in [5, 5.41) is 2.78. The first-order chi connectivity index (χ1) is 6.83. The van der Waals surface area contributed by atoms with Crippen molar-refractivity contribution in [3.8, 4) is 0 Å². The molecular formula is C11H19NO2. The van der Waals surface area contributed by atoms with Crippen molar-refractivity contribution in [2.45, 2.75) is 32.1 Å². The van der Waals surface area contributed by atoms with Gasteiger partial charge in [-0.3, -0.25) is 0 Å². The summed E-state index contributed by atoms with van der Waals surface area (Å²) in [4.78, 5) is 11.1. The van der Waals surface area contributed by atoms with Gasteiger partial charge in [0.2, 0.25) is 0 Å². The number of ether oxygens (including phenoxy) is 1. The summed E-state index contributed by atoms with van der Waals surface area (Å²) >= 11 is 0. The zero-order valence-corrected chi connectivity index (χ0v) is 8.63. The summed E-state index contributed by atoms with van der Waals surface area (Å²) in [6, 6.07) is 0. The summed E-state index contributed by atoms with van der Waals surface area (Å²) in [5.74, 6) is 0.653. The van der Waals surface area contributed by atoms with Gasteiger partial charge in [0, 0.05) is 6.54 Å². The van der Waals surface area contributed by atoms with Crippen molar-refractivity contribution in [2.75, 3.05) is 13.2 Å². The summed E-state index contributed by atoms with van der Waals surface area (Å²) < 4.78 is 4.81. The summed E-state index contributed by atoms with van der Waals surface area (Å²) in [7, 11) is 0. The highest BCUT2D eigenvalue weighted by Gasteiger charge is 2.14. The summed E-state index contributed by atoms with van der Waals surface area (Å²) in [6.07, 6.45) is 7.67. The van der Waals surface area contributed by atoms with E-state index in [4.69, 9.17) is 4.74 Å². The lowest BCUT2D eigenvalue weighted by Gasteiger charge is -2.21. The lowest BCUT2D eigenvalue weighted by molar-refractivity contribution is 0.155. The van der Waals surface area contributed by atoms with Gasteiger partial charge in [-0.1, -0.05) is 31.9 Å². The third-order valence-corrected chi connectivity index (χ3v) is 2.59. The molecule has 1 amide bonds. The molecule has 0 atom stereocenters. The van der Waals surface area contributed by atoms with Crippen molar-refractivity contribution in [1.82, 2.24) is 5.32 Å². The third-order valence-electron chi connectivity index (χ3n) is 2.59. The van der Waals surface area contributed by atoms with E-state index in [2.05, 4.69) is 11.9 Å². The molecule has 0 heterocycles. The molecule has 0 aromatic heterocycles. The highest BCUT2D eigenvalue weighted by atomic mass is 16.5. The van der Waals surface area contributed by atoms with E-state index in [1.165, 1.54) is 32.1 Å². The lowest BCUT2D eigenvalue weighted by Crippen LogP contribution is -2.30. The molecule has 0 saturated heterocycles. The second-order valence-electron chi connectivity index (χ2n) is 3.77. The van der Waals surface area contributed by atoms with Crippen LogP contribution in [-0.4, -0.2) is 19.2 Å². The molecule has 0 aromatic carbocycles. The van der Waals surface area contributed by atoms with Gasteiger partial charge >= 0.3 is 6.09 Å². The standard InChI is InChI=1S/C11H19NO2/c1-2-8-14-11(13)12-9-10-6-4-3-5-7-10/h2,10H,1,3-9H2,(H,12,13). The Morgan fingerprint density at radius 1 is 1.43 bits per heavy atom. The normalized spacial score (nSPS) is 17.4. The number of rotatable bonds is 4. The fourth-order valence-electron chi connectivity index (χ4n) is 1.80. The summed E-state index contributed by atoms with van der Waals surface area (Å²) in [5.41, 5.74) is 0. The van der Waals surface area contributed by atoms with Crippen LogP contribution in [0.4, 0.5) is 4.79 Å². The highest BCUT2D eigenvalue weighted by molar-refractivity contribution is 5.67. The SMILES string of the molecule is C=CCOC(=O)NCC1CCCCC1. The molecule has 1 N–H and O–H groups in total. The number of nitrogens with one attached hydrogen (secondary N) is 1. The number of hydrogen-bond acceptors (Lipinski definition) is 2. The maximum Gasteiger partial charge on any atom is 0.407 e. The van der Waals surface area contributed by atoms with Crippen LogP contribution in [-0.2, 0) is 4.74 Å². The zero-order valence-electron chi connectivity index (χ0n) is 8.63. The van der Waals surface area contributed by atoms with Crippen molar-refractivity contribution in [2.24, 2.45) is 5.92 Å². The Balaban J connectivity index is 2.06. The van der Waals surface area contributed by atoms with Crippen molar-refractivity contribution < 1.29 is 9.53 Å². The van der Waals surface area contributed by atoms with Crippen molar-refractivity contribution in [1.29, 1.82) is 0 Å². The number of carbonyl (C=O) groups is 1. The molecule has 1 saturated carbocycles. The van der Waals surface area contributed by atoms with Crippen LogP contribution in [0.25, 0.3) is 0 Å². The molecule has 1 aliphatic rings. The van der Waals surface area contributed by atoms with Crippen LogP contribution in [0.3, 0.4) is 0 Å². The summed E-state index contributed by atoms with van der Waals surface area (Å²) in [6.45, 7) is 4.53. The fraction of sp³-hybridized carbons (Fsp3) is 0.727. The highest BCUT2D eigenvalue weighted by Crippen LogP contribution is 2.22. The predicted molar refractivity (Wildman–Crippen MR) is 56.1 cm³/mol. The second kappa shape index (κ2) is 6.46. The van der Waals surface area contributed by atoms with Gasteiger partial charge in [0.25, 0.3) is 0 Å². The molecule has 0 spiro atoms. The van der Waals surface area contributed by atoms with Crippen LogP contribution in [0, 0.1) is 5.92 Å². The van der Waals surface area contributed by atoms with E-state index >= 15 is 0 Å². The van der Waals surface area contributed by atoms with Crippen LogP contribution in [0.2, 0.25) is 0 Å². The monoisotopic (exact) mass is 197 g/mol. The Morgan fingerprint density at radius 3 is 2.79 bits per heavy atom. The first-order valence-electron chi connectivity index (χ1n) is 5.34. The molecule has 0 aliphatic heterocycles. The quantitative estimate of drug-likeness (QED) is 0.703. The molecule has 3 nitrogen and oxygen atoms in total. The van der Waals surface area contributed by atoms with Crippen LogP contribution < -0.4 is 5.32 Å². The third kappa shape index (κ3) is 4.30.